The molecule has 4 rings (SSSR count). The second-order valence-electron chi connectivity index (χ2n) is 6.89. The van der Waals surface area contributed by atoms with Gasteiger partial charge in [0.2, 0.25) is 0 Å². The van der Waals surface area contributed by atoms with Gasteiger partial charge in [0.15, 0.2) is 11.5 Å². The van der Waals surface area contributed by atoms with Crippen LogP contribution in [0.2, 0.25) is 0 Å². The van der Waals surface area contributed by atoms with Crippen molar-refractivity contribution in [2.24, 2.45) is 0 Å². The first-order chi connectivity index (χ1) is 13.5. The van der Waals surface area contributed by atoms with Crippen molar-refractivity contribution in [3.05, 3.63) is 71.0 Å². The maximum absolute atomic E-state index is 13.0. The first kappa shape index (κ1) is 18.1. The number of fused-ring (bicyclic) bond motifs is 1. The topological polar surface area (TPSA) is 65.4 Å². The van der Waals surface area contributed by atoms with Crippen LogP contribution in [0.25, 0.3) is 5.69 Å². The van der Waals surface area contributed by atoms with Gasteiger partial charge in [0.25, 0.3) is 5.91 Å². The number of nitrogens with one attached hydrogen (secondary N) is 1. The van der Waals surface area contributed by atoms with Gasteiger partial charge in [-0.25, -0.2) is 4.68 Å². The number of aryl methyl sites for hydroxylation is 1. The van der Waals surface area contributed by atoms with Crippen LogP contribution in [0.5, 0.6) is 11.5 Å². The van der Waals surface area contributed by atoms with Gasteiger partial charge in [0.05, 0.1) is 28.7 Å². The molecule has 0 fully saturated rings. The van der Waals surface area contributed by atoms with Crippen LogP contribution >= 0.6 is 0 Å². The fraction of sp³-hybridized carbons (Fsp3) is 0.273. The first-order valence-electron chi connectivity index (χ1n) is 9.36. The maximum atomic E-state index is 13.0. The lowest BCUT2D eigenvalue weighted by Gasteiger charge is -2.21. The molecule has 28 heavy (non-hydrogen) atoms. The molecule has 0 spiro atoms. The molecule has 0 saturated carbocycles. The van der Waals surface area contributed by atoms with E-state index in [9.17, 15) is 4.79 Å². The molecule has 0 unspecified atom stereocenters. The van der Waals surface area contributed by atoms with Crippen molar-refractivity contribution in [3.63, 3.8) is 0 Å². The molecule has 144 valence electrons. The molecule has 3 aromatic rings. The highest BCUT2D eigenvalue weighted by atomic mass is 16.6. The largest absolute Gasteiger partial charge is 0.486 e. The van der Waals surface area contributed by atoms with E-state index in [1.54, 1.807) is 4.68 Å². The maximum Gasteiger partial charge on any atom is 0.255 e. The standard InChI is InChI=1S/C22H23N3O3/c1-14(17-9-10-19-20(13-17)28-12-11-27-19)23-22(26)21-15(2)24-25(16(21)3)18-7-5-4-6-8-18/h4-10,13-14H,11-12H2,1-3H3,(H,23,26)/t14-/m0/s1. The van der Waals surface area contributed by atoms with Crippen molar-refractivity contribution in [3.8, 4) is 17.2 Å². The summed E-state index contributed by atoms with van der Waals surface area (Å²) in [6, 6.07) is 15.4. The van der Waals surface area contributed by atoms with E-state index in [2.05, 4.69) is 10.4 Å². The number of amides is 1. The van der Waals surface area contributed by atoms with Crippen LogP contribution in [-0.2, 0) is 0 Å². The lowest BCUT2D eigenvalue weighted by molar-refractivity contribution is 0.0938. The van der Waals surface area contributed by atoms with Gasteiger partial charge in [-0.15, -0.1) is 0 Å². The number of nitrogens with zero attached hydrogens (tertiary/aromatic N) is 2. The van der Waals surface area contributed by atoms with E-state index < -0.39 is 0 Å². The van der Waals surface area contributed by atoms with Gasteiger partial charge in [-0.1, -0.05) is 24.3 Å². The molecular formula is C22H23N3O3. The third kappa shape index (κ3) is 3.33. The van der Waals surface area contributed by atoms with Gasteiger partial charge in [-0.3, -0.25) is 4.79 Å². The number of para-hydroxylation sites is 1. The average Bonchev–Trinajstić information content (AvgIpc) is 3.02. The molecule has 0 aliphatic carbocycles. The van der Waals surface area contributed by atoms with Crippen LogP contribution in [-0.4, -0.2) is 28.9 Å². The number of hydrogen-bond donors (Lipinski definition) is 1. The molecule has 1 aliphatic heterocycles. The molecule has 1 amide bonds. The molecule has 6 nitrogen and oxygen atoms in total. The monoisotopic (exact) mass is 377 g/mol. The predicted molar refractivity (Wildman–Crippen MR) is 106 cm³/mol. The highest BCUT2D eigenvalue weighted by molar-refractivity contribution is 5.96. The SMILES string of the molecule is Cc1nn(-c2ccccc2)c(C)c1C(=O)N[C@@H](C)c1ccc2c(c1)OCCO2. The van der Waals surface area contributed by atoms with Crippen molar-refractivity contribution < 1.29 is 14.3 Å². The van der Waals surface area contributed by atoms with Gasteiger partial charge in [-0.2, -0.15) is 5.10 Å². The number of benzene rings is 2. The van der Waals surface area contributed by atoms with Crippen molar-refractivity contribution >= 4 is 5.91 Å². The molecule has 0 radical (unpaired) electrons. The predicted octanol–water partition coefficient (Wildman–Crippen LogP) is 3.75. The molecule has 1 N–H and O–H groups in total. The lowest BCUT2D eigenvalue weighted by atomic mass is 10.1. The van der Waals surface area contributed by atoms with E-state index in [0.29, 0.717) is 30.2 Å². The zero-order chi connectivity index (χ0) is 19.7. The summed E-state index contributed by atoms with van der Waals surface area (Å²) in [6.45, 7) is 6.82. The summed E-state index contributed by atoms with van der Waals surface area (Å²) in [5.74, 6) is 1.32. The van der Waals surface area contributed by atoms with Gasteiger partial charge in [-0.05, 0) is 50.6 Å². The van der Waals surface area contributed by atoms with Crippen molar-refractivity contribution in [2.75, 3.05) is 13.2 Å². The Hall–Kier alpha value is -3.28. The van der Waals surface area contributed by atoms with Crippen molar-refractivity contribution in [1.82, 2.24) is 15.1 Å². The number of hydrogen-bond acceptors (Lipinski definition) is 4. The van der Waals surface area contributed by atoms with E-state index in [0.717, 1.165) is 22.7 Å². The van der Waals surface area contributed by atoms with Crippen LogP contribution in [0.1, 0.15) is 40.3 Å². The summed E-state index contributed by atoms with van der Waals surface area (Å²) in [5.41, 5.74) is 4.02. The normalized spacial score (nSPS) is 13.8. The Morgan fingerprint density at radius 3 is 2.54 bits per heavy atom. The Labute approximate surface area is 164 Å². The number of carbonyl (C=O) groups excluding carboxylic acids is 1. The number of carbonyl (C=O) groups is 1. The smallest absolute Gasteiger partial charge is 0.255 e. The molecule has 6 heteroatoms. The average molecular weight is 377 g/mol. The minimum atomic E-state index is -0.179. The van der Waals surface area contributed by atoms with Crippen molar-refractivity contribution in [2.45, 2.75) is 26.8 Å². The third-order valence-electron chi connectivity index (χ3n) is 4.93. The second-order valence-corrected chi connectivity index (χ2v) is 6.89. The molecule has 0 saturated heterocycles. The van der Waals surface area contributed by atoms with Crippen molar-refractivity contribution in [1.29, 1.82) is 0 Å². The summed E-state index contributed by atoms with van der Waals surface area (Å²) in [5, 5.41) is 7.64. The molecule has 1 aliphatic rings. The van der Waals surface area contributed by atoms with Gasteiger partial charge >= 0.3 is 0 Å². The Morgan fingerprint density at radius 1 is 1.07 bits per heavy atom. The minimum Gasteiger partial charge on any atom is -0.486 e. The van der Waals surface area contributed by atoms with Crippen LogP contribution in [0, 0.1) is 13.8 Å². The number of ether oxygens (including phenoxy) is 2. The van der Waals surface area contributed by atoms with E-state index in [-0.39, 0.29) is 11.9 Å². The summed E-state index contributed by atoms with van der Waals surface area (Å²) in [7, 11) is 0. The molecule has 0 bridgehead atoms. The van der Waals surface area contributed by atoms with E-state index in [1.807, 2.05) is 69.3 Å². The lowest BCUT2D eigenvalue weighted by Crippen LogP contribution is -2.27. The molecule has 1 atom stereocenters. The number of rotatable bonds is 4. The van der Waals surface area contributed by atoms with Crippen LogP contribution in [0.3, 0.4) is 0 Å². The van der Waals surface area contributed by atoms with Crippen LogP contribution in [0.4, 0.5) is 0 Å². The Balaban J connectivity index is 1.56. The molecule has 1 aromatic heterocycles. The summed E-state index contributed by atoms with van der Waals surface area (Å²) >= 11 is 0. The van der Waals surface area contributed by atoms with Crippen LogP contribution < -0.4 is 14.8 Å². The molecule has 2 aromatic carbocycles. The van der Waals surface area contributed by atoms with Gasteiger partial charge in [0.1, 0.15) is 13.2 Å². The molecule has 2 heterocycles. The Morgan fingerprint density at radius 2 is 1.79 bits per heavy atom. The van der Waals surface area contributed by atoms with E-state index in [4.69, 9.17) is 9.47 Å². The molecular weight excluding hydrogens is 354 g/mol. The minimum absolute atomic E-state index is 0.139. The zero-order valence-corrected chi connectivity index (χ0v) is 16.2. The first-order valence-corrected chi connectivity index (χ1v) is 9.36. The fourth-order valence-electron chi connectivity index (χ4n) is 3.47. The quantitative estimate of drug-likeness (QED) is 0.752. The zero-order valence-electron chi connectivity index (χ0n) is 16.2. The summed E-state index contributed by atoms with van der Waals surface area (Å²) in [4.78, 5) is 13.0. The van der Waals surface area contributed by atoms with Gasteiger partial charge in [0, 0.05) is 0 Å². The Kier molecular flexibility index (Phi) is 4.77. The van der Waals surface area contributed by atoms with E-state index >= 15 is 0 Å². The third-order valence-corrected chi connectivity index (χ3v) is 4.93. The van der Waals surface area contributed by atoms with E-state index in [1.165, 1.54) is 0 Å². The summed E-state index contributed by atoms with van der Waals surface area (Å²) in [6.07, 6.45) is 0. The van der Waals surface area contributed by atoms with Crippen LogP contribution in [0.15, 0.2) is 48.5 Å². The fourth-order valence-corrected chi connectivity index (χ4v) is 3.47. The van der Waals surface area contributed by atoms with Gasteiger partial charge < -0.3 is 14.8 Å². The second kappa shape index (κ2) is 7.38. The Bertz CT molecular complexity index is 1010. The summed E-state index contributed by atoms with van der Waals surface area (Å²) < 4.78 is 13.0. The highest BCUT2D eigenvalue weighted by Crippen LogP contribution is 2.32. The highest BCUT2D eigenvalue weighted by Gasteiger charge is 2.22. The number of aromatic nitrogens is 2.